The molecule has 0 spiro atoms. The van der Waals surface area contributed by atoms with Crippen molar-refractivity contribution in [1.29, 1.82) is 0 Å². The standard InChI is InChI=1S/C21H24N4O2/c1-2-4-17(5-3-1)25-9-6-18-19(16-7-12-26-13-8-16)22-21(23-20(18)25)24-10-14-27-15-11-24/h1-5,7H,6,8-15H2. The predicted molar refractivity (Wildman–Crippen MR) is 106 cm³/mol. The van der Waals surface area contributed by atoms with Crippen LogP contribution in [0.5, 0.6) is 0 Å². The lowest BCUT2D eigenvalue weighted by atomic mass is 10.0. The van der Waals surface area contributed by atoms with Gasteiger partial charge in [0.05, 0.1) is 32.1 Å². The Morgan fingerprint density at radius 2 is 1.70 bits per heavy atom. The molecule has 1 aromatic carbocycles. The second kappa shape index (κ2) is 7.29. The molecule has 140 valence electrons. The lowest BCUT2D eigenvalue weighted by molar-refractivity contribution is 0.122. The third kappa shape index (κ3) is 3.19. The second-order valence-corrected chi connectivity index (χ2v) is 7.07. The summed E-state index contributed by atoms with van der Waals surface area (Å²) in [5.74, 6) is 1.88. The van der Waals surface area contributed by atoms with Gasteiger partial charge < -0.3 is 19.3 Å². The van der Waals surface area contributed by atoms with E-state index in [1.54, 1.807) is 0 Å². The maximum atomic E-state index is 5.52. The number of fused-ring (bicyclic) bond motifs is 1. The maximum Gasteiger partial charge on any atom is 0.228 e. The largest absolute Gasteiger partial charge is 0.378 e. The molecule has 0 saturated carbocycles. The summed E-state index contributed by atoms with van der Waals surface area (Å²) < 4.78 is 11.0. The number of ether oxygens (including phenoxy) is 2. The summed E-state index contributed by atoms with van der Waals surface area (Å²) >= 11 is 0. The van der Waals surface area contributed by atoms with Gasteiger partial charge in [-0.05, 0) is 30.5 Å². The van der Waals surface area contributed by atoms with Gasteiger partial charge in [0.2, 0.25) is 5.95 Å². The van der Waals surface area contributed by atoms with Crippen molar-refractivity contribution in [2.24, 2.45) is 0 Å². The molecule has 1 saturated heterocycles. The molecule has 2 aromatic rings. The monoisotopic (exact) mass is 364 g/mol. The number of rotatable bonds is 3. The second-order valence-electron chi connectivity index (χ2n) is 7.07. The van der Waals surface area contributed by atoms with Gasteiger partial charge in [-0.3, -0.25) is 0 Å². The number of aromatic nitrogens is 2. The molecule has 6 nitrogen and oxygen atoms in total. The van der Waals surface area contributed by atoms with Crippen LogP contribution in [0.3, 0.4) is 0 Å². The Morgan fingerprint density at radius 3 is 2.48 bits per heavy atom. The van der Waals surface area contributed by atoms with Gasteiger partial charge in [0, 0.05) is 30.9 Å². The maximum absolute atomic E-state index is 5.52. The highest BCUT2D eigenvalue weighted by molar-refractivity contribution is 5.76. The van der Waals surface area contributed by atoms with Crippen molar-refractivity contribution in [2.75, 3.05) is 55.9 Å². The van der Waals surface area contributed by atoms with Crippen molar-refractivity contribution >= 4 is 23.0 Å². The van der Waals surface area contributed by atoms with E-state index in [4.69, 9.17) is 19.4 Å². The van der Waals surface area contributed by atoms with Gasteiger partial charge in [-0.1, -0.05) is 24.3 Å². The van der Waals surface area contributed by atoms with Gasteiger partial charge in [0.25, 0.3) is 0 Å². The van der Waals surface area contributed by atoms with Crippen LogP contribution in [0.15, 0.2) is 36.4 Å². The minimum Gasteiger partial charge on any atom is -0.378 e. The normalized spacial score (nSPS) is 19.8. The molecule has 4 heterocycles. The van der Waals surface area contributed by atoms with Crippen molar-refractivity contribution in [3.05, 3.63) is 47.7 Å². The zero-order valence-corrected chi connectivity index (χ0v) is 15.4. The Balaban J connectivity index is 1.61. The van der Waals surface area contributed by atoms with Gasteiger partial charge in [0.1, 0.15) is 5.82 Å². The number of anilines is 3. The molecule has 6 heteroatoms. The van der Waals surface area contributed by atoms with Crippen LogP contribution in [0.25, 0.3) is 5.57 Å². The lowest BCUT2D eigenvalue weighted by Crippen LogP contribution is -2.37. The number of nitrogens with zero attached hydrogens (tertiary/aromatic N) is 4. The first-order valence-electron chi connectivity index (χ1n) is 9.73. The van der Waals surface area contributed by atoms with Crippen LogP contribution in [0, 0.1) is 0 Å². The Bertz CT molecular complexity index is 847. The third-order valence-corrected chi connectivity index (χ3v) is 5.44. The van der Waals surface area contributed by atoms with Gasteiger partial charge >= 0.3 is 0 Å². The summed E-state index contributed by atoms with van der Waals surface area (Å²) in [5, 5.41) is 0. The molecule has 3 aliphatic heterocycles. The van der Waals surface area contributed by atoms with E-state index in [0.717, 1.165) is 69.8 Å². The Hall–Kier alpha value is -2.44. The first-order chi connectivity index (χ1) is 13.4. The quantitative estimate of drug-likeness (QED) is 0.835. The summed E-state index contributed by atoms with van der Waals surface area (Å²) in [6, 6.07) is 10.5. The summed E-state index contributed by atoms with van der Waals surface area (Å²) in [6.45, 7) is 5.52. The van der Waals surface area contributed by atoms with Gasteiger partial charge in [-0.15, -0.1) is 0 Å². The highest BCUT2D eigenvalue weighted by Crippen LogP contribution is 2.38. The van der Waals surface area contributed by atoms with Crippen LogP contribution in [0.2, 0.25) is 0 Å². The highest BCUT2D eigenvalue weighted by atomic mass is 16.5. The fourth-order valence-corrected chi connectivity index (χ4v) is 4.02. The molecule has 0 aliphatic carbocycles. The lowest BCUT2D eigenvalue weighted by Gasteiger charge is -2.29. The molecule has 0 bridgehead atoms. The zero-order valence-electron chi connectivity index (χ0n) is 15.4. The summed E-state index contributed by atoms with van der Waals surface area (Å²) in [7, 11) is 0. The van der Waals surface area contributed by atoms with E-state index in [0.29, 0.717) is 6.61 Å². The van der Waals surface area contributed by atoms with E-state index in [1.807, 2.05) is 0 Å². The number of hydrogen-bond donors (Lipinski definition) is 0. The van der Waals surface area contributed by atoms with Gasteiger partial charge in [-0.2, -0.15) is 4.98 Å². The summed E-state index contributed by atoms with van der Waals surface area (Å²) in [5.41, 5.74) is 4.87. The van der Waals surface area contributed by atoms with Crippen LogP contribution >= 0.6 is 0 Å². The summed E-state index contributed by atoms with van der Waals surface area (Å²) in [6.07, 6.45) is 4.07. The minimum absolute atomic E-state index is 0.670. The average molecular weight is 364 g/mol. The Kier molecular flexibility index (Phi) is 4.51. The average Bonchev–Trinajstić information content (AvgIpc) is 3.19. The molecule has 1 aromatic heterocycles. The van der Waals surface area contributed by atoms with E-state index in [-0.39, 0.29) is 0 Å². The van der Waals surface area contributed by atoms with Crippen LogP contribution in [-0.4, -0.2) is 56.0 Å². The zero-order chi connectivity index (χ0) is 18.1. The van der Waals surface area contributed by atoms with Crippen molar-refractivity contribution in [3.63, 3.8) is 0 Å². The van der Waals surface area contributed by atoms with E-state index in [9.17, 15) is 0 Å². The van der Waals surface area contributed by atoms with Crippen molar-refractivity contribution in [1.82, 2.24) is 9.97 Å². The van der Waals surface area contributed by atoms with E-state index < -0.39 is 0 Å². The first-order valence-corrected chi connectivity index (χ1v) is 9.73. The molecule has 0 radical (unpaired) electrons. The highest BCUT2D eigenvalue weighted by Gasteiger charge is 2.29. The predicted octanol–water partition coefficient (Wildman–Crippen LogP) is 2.81. The number of benzene rings is 1. The Morgan fingerprint density at radius 1 is 0.852 bits per heavy atom. The molecule has 0 atom stereocenters. The number of morpholine rings is 1. The molecular formula is C21H24N4O2. The SMILES string of the molecule is C1=C(c2nc(N3CCOCC3)nc3c2CCN3c2ccccc2)CCOC1. The number of hydrogen-bond acceptors (Lipinski definition) is 6. The van der Waals surface area contributed by atoms with Crippen molar-refractivity contribution in [2.45, 2.75) is 12.8 Å². The molecule has 0 unspecified atom stereocenters. The molecule has 0 amide bonds. The fourth-order valence-electron chi connectivity index (χ4n) is 4.02. The van der Waals surface area contributed by atoms with E-state index in [1.165, 1.54) is 16.8 Å². The van der Waals surface area contributed by atoms with Crippen LogP contribution in [0.1, 0.15) is 17.7 Å². The molecule has 1 fully saturated rings. The number of para-hydroxylation sites is 1. The van der Waals surface area contributed by atoms with Crippen molar-refractivity contribution < 1.29 is 9.47 Å². The minimum atomic E-state index is 0.670. The Labute approximate surface area is 159 Å². The van der Waals surface area contributed by atoms with Crippen LogP contribution in [-0.2, 0) is 15.9 Å². The molecule has 27 heavy (non-hydrogen) atoms. The fraction of sp³-hybridized carbons (Fsp3) is 0.429. The molecule has 3 aliphatic rings. The first kappa shape index (κ1) is 16.7. The van der Waals surface area contributed by atoms with Gasteiger partial charge in [-0.25, -0.2) is 4.98 Å². The van der Waals surface area contributed by atoms with Crippen LogP contribution in [0.4, 0.5) is 17.5 Å². The third-order valence-electron chi connectivity index (χ3n) is 5.44. The van der Waals surface area contributed by atoms with E-state index >= 15 is 0 Å². The smallest absolute Gasteiger partial charge is 0.228 e. The van der Waals surface area contributed by atoms with E-state index in [2.05, 4.69) is 46.2 Å². The summed E-state index contributed by atoms with van der Waals surface area (Å²) in [4.78, 5) is 14.6. The van der Waals surface area contributed by atoms with Crippen molar-refractivity contribution in [3.8, 4) is 0 Å². The topological polar surface area (TPSA) is 50.7 Å². The van der Waals surface area contributed by atoms with Gasteiger partial charge in [0.15, 0.2) is 0 Å². The van der Waals surface area contributed by atoms with Crippen LogP contribution < -0.4 is 9.80 Å². The molecule has 0 N–H and O–H groups in total. The molecular weight excluding hydrogens is 340 g/mol. The molecule has 5 rings (SSSR count).